The third-order valence-corrected chi connectivity index (χ3v) is 3.08. The monoisotopic (exact) mass is 271 g/mol. The Kier molecular flexibility index (Phi) is 2.79. The molecule has 3 aromatic rings. The summed E-state index contributed by atoms with van der Waals surface area (Å²) in [6.07, 6.45) is 5.15. The molecule has 0 aliphatic rings. The normalized spacial score (nSPS) is 12.2. The fraction of sp³-hybridized carbons (Fsp3) is 0.385. The number of aromatic nitrogens is 6. The van der Waals surface area contributed by atoms with Gasteiger partial charge >= 0.3 is 0 Å². The minimum Gasteiger partial charge on any atom is -0.324 e. The highest BCUT2D eigenvalue weighted by atomic mass is 15.4. The first-order valence-electron chi connectivity index (χ1n) is 6.45. The molecule has 3 aromatic heterocycles. The fourth-order valence-electron chi connectivity index (χ4n) is 1.94. The van der Waals surface area contributed by atoms with Gasteiger partial charge in [0.2, 0.25) is 0 Å². The number of fused-ring (bicyclic) bond motifs is 1. The molecule has 0 amide bonds. The van der Waals surface area contributed by atoms with Gasteiger partial charge in [-0.2, -0.15) is 5.10 Å². The molecule has 0 bridgehead atoms. The topological polar surface area (TPSA) is 86.9 Å². The molecule has 20 heavy (non-hydrogen) atoms. The van der Waals surface area contributed by atoms with Crippen LogP contribution >= 0.6 is 0 Å². The molecule has 3 heterocycles. The van der Waals surface area contributed by atoms with Crippen LogP contribution in [0.1, 0.15) is 32.3 Å². The maximum atomic E-state index is 5.54. The van der Waals surface area contributed by atoms with Gasteiger partial charge in [0.1, 0.15) is 11.8 Å². The Morgan fingerprint density at radius 2 is 2.00 bits per heavy atom. The predicted octanol–water partition coefficient (Wildman–Crippen LogP) is 1.07. The van der Waals surface area contributed by atoms with E-state index in [1.165, 1.54) is 0 Å². The van der Waals surface area contributed by atoms with E-state index in [1.54, 1.807) is 17.2 Å². The van der Waals surface area contributed by atoms with Crippen molar-refractivity contribution in [3.05, 3.63) is 36.3 Å². The third-order valence-electron chi connectivity index (χ3n) is 3.08. The Bertz CT molecular complexity index is 748. The van der Waals surface area contributed by atoms with Crippen molar-refractivity contribution in [1.29, 1.82) is 0 Å². The van der Waals surface area contributed by atoms with Crippen molar-refractivity contribution in [3.8, 4) is 5.82 Å². The van der Waals surface area contributed by atoms with Crippen LogP contribution in [0.3, 0.4) is 0 Å². The minimum absolute atomic E-state index is 0.0198. The highest BCUT2D eigenvalue weighted by Crippen LogP contribution is 2.23. The molecule has 0 saturated carbocycles. The zero-order valence-electron chi connectivity index (χ0n) is 11.8. The molecular formula is C13H17N7. The summed E-state index contributed by atoms with van der Waals surface area (Å²) in [4.78, 5) is 8.51. The van der Waals surface area contributed by atoms with Crippen molar-refractivity contribution in [1.82, 2.24) is 29.4 Å². The average Bonchev–Trinajstić information content (AvgIpc) is 3.04. The molecule has 0 aromatic carbocycles. The van der Waals surface area contributed by atoms with Crippen LogP contribution in [0.25, 0.3) is 11.3 Å². The van der Waals surface area contributed by atoms with E-state index in [4.69, 9.17) is 5.73 Å². The number of nitrogens with two attached hydrogens (primary N) is 1. The van der Waals surface area contributed by atoms with Crippen LogP contribution in [-0.4, -0.2) is 29.4 Å². The molecule has 0 spiro atoms. The molecule has 0 unspecified atom stereocenters. The van der Waals surface area contributed by atoms with E-state index in [2.05, 4.69) is 40.9 Å². The lowest BCUT2D eigenvalue weighted by Crippen LogP contribution is -2.11. The molecule has 2 N–H and O–H groups in total. The fourth-order valence-corrected chi connectivity index (χ4v) is 1.94. The first kappa shape index (κ1) is 12.7. The van der Waals surface area contributed by atoms with Crippen molar-refractivity contribution >= 4 is 5.52 Å². The summed E-state index contributed by atoms with van der Waals surface area (Å²) in [6, 6.07) is 2.03. The van der Waals surface area contributed by atoms with E-state index in [0.717, 1.165) is 11.2 Å². The van der Waals surface area contributed by atoms with Crippen LogP contribution in [-0.2, 0) is 12.0 Å². The zero-order valence-corrected chi connectivity index (χ0v) is 11.8. The highest BCUT2D eigenvalue weighted by Gasteiger charge is 2.19. The molecule has 3 rings (SSSR count). The quantitative estimate of drug-likeness (QED) is 0.753. The molecule has 0 saturated heterocycles. The molecule has 0 atom stereocenters. The van der Waals surface area contributed by atoms with Crippen LogP contribution in [0.2, 0.25) is 0 Å². The molecule has 0 radical (unpaired) electrons. The lowest BCUT2D eigenvalue weighted by Gasteiger charge is -2.13. The largest absolute Gasteiger partial charge is 0.324 e. The van der Waals surface area contributed by atoms with Crippen molar-refractivity contribution < 1.29 is 0 Å². The molecule has 0 fully saturated rings. The predicted molar refractivity (Wildman–Crippen MR) is 74.5 cm³/mol. The number of nitrogens with zero attached hydrogens (tertiary/aromatic N) is 6. The SMILES string of the molecule is CC(C)(C)c1cc2c(-n3cnc(CN)n3)nccn2n1. The first-order chi connectivity index (χ1) is 9.49. The van der Waals surface area contributed by atoms with Gasteiger partial charge in [-0.15, -0.1) is 5.10 Å². The van der Waals surface area contributed by atoms with Gasteiger partial charge in [-0.05, 0) is 6.07 Å². The number of rotatable bonds is 2. The Hall–Kier alpha value is -2.28. The number of hydrogen-bond acceptors (Lipinski definition) is 5. The van der Waals surface area contributed by atoms with Gasteiger partial charge in [0, 0.05) is 17.8 Å². The maximum absolute atomic E-state index is 5.54. The summed E-state index contributed by atoms with van der Waals surface area (Å²) in [5.74, 6) is 1.28. The van der Waals surface area contributed by atoms with E-state index in [9.17, 15) is 0 Å². The van der Waals surface area contributed by atoms with Gasteiger partial charge in [-0.3, -0.25) is 0 Å². The summed E-state index contributed by atoms with van der Waals surface area (Å²) < 4.78 is 3.44. The summed E-state index contributed by atoms with van der Waals surface area (Å²) in [5.41, 5.74) is 7.42. The van der Waals surface area contributed by atoms with E-state index in [0.29, 0.717) is 18.2 Å². The second-order valence-electron chi connectivity index (χ2n) is 5.67. The number of hydrogen-bond donors (Lipinski definition) is 1. The second kappa shape index (κ2) is 4.38. The smallest absolute Gasteiger partial charge is 0.181 e. The Balaban J connectivity index is 2.18. The molecule has 7 heteroatoms. The van der Waals surface area contributed by atoms with Crippen molar-refractivity contribution in [2.24, 2.45) is 5.73 Å². The summed E-state index contributed by atoms with van der Waals surface area (Å²) in [6.45, 7) is 6.69. The highest BCUT2D eigenvalue weighted by molar-refractivity contribution is 5.60. The molecular weight excluding hydrogens is 254 g/mol. The standard InChI is InChI=1S/C13H17N7/c1-13(2,3)10-6-9-12(15-4-5-19(9)17-10)20-8-16-11(7-14)18-20/h4-6,8H,7,14H2,1-3H3. The second-order valence-corrected chi connectivity index (χ2v) is 5.67. The summed E-state index contributed by atoms with van der Waals surface area (Å²) >= 11 is 0. The molecule has 0 aliphatic carbocycles. The molecule has 104 valence electrons. The van der Waals surface area contributed by atoms with Gasteiger partial charge in [-0.1, -0.05) is 20.8 Å². The summed E-state index contributed by atoms with van der Waals surface area (Å²) in [5, 5.41) is 8.89. The molecule has 0 aliphatic heterocycles. The van der Waals surface area contributed by atoms with E-state index >= 15 is 0 Å². The van der Waals surface area contributed by atoms with E-state index in [1.807, 2.05) is 16.8 Å². The van der Waals surface area contributed by atoms with Gasteiger partial charge in [0.15, 0.2) is 11.6 Å². The first-order valence-corrected chi connectivity index (χ1v) is 6.45. The Labute approximate surface area is 116 Å². The van der Waals surface area contributed by atoms with Gasteiger partial charge in [-0.25, -0.2) is 19.2 Å². The minimum atomic E-state index is -0.0198. The lowest BCUT2D eigenvalue weighted by molar-refractivity contribution is 0.562. The van der Waals surface area contributed by atoms with Gasteiger partial charge < -0.3 is 5.73 Å². The Morgan fingerprint density at radius 1 is 1.20 bits per heavy atom. The van der Waals surface area contributed by atoms with Crippen LogP contribution in [0, 0.1) is 0 Å². The van der Waals surface area contributed by atoms with Crippen LogP contribution in [0.5, 0.6) is 0 Å². The maximum Gasteiger partial charge on any atom is 0.181 e. The molecule has 7 nitrogen and oxygen atoms in total. The Morgan fingerprint density at radius 3 is 2.65 bits per heavy atom. The van der Waals surface area contributed by atoms with Crippen molar-refractivity contribution in [3.63, 3.8) is 0 Å². The lowest BCUT2D eigenvalue weighted by atomic mass is 9.92. The van der Waals surface area contributed by atoms with Crippen LogP contribution in [0.15, 0.2) is 24.8 Å². The van der Waals surface area contributed by atoms with Crippen LogP contribution in [0.4, 0.5) is 0 Å². The van der Waals surface area contributed by atoms with E-state index in [-0.39, 0.29) is 5.41 Å². The van der Waals surface area contributed by atoms with Crippen molar-refractivity contribution in [2.45, 2.75) is 32.7 Å². The van der Waals surface area contributed by atoms with Crippen molar-refractivity contribution in [2.75, 3.05) is 0 Å². The third kappa shape index (κ3) is 2.05. The van der Waals surface area contributed by atoms with E-state index < -0.39 is 0 Å². The zero-order chi connectivity index (χ0) is 14.3. The van der Waals surface area contributed by atoms with Crippen LogP contribution < -0.4 is 5.73 Å². The average molecular weight is 271 g/mol. The summed E-state index contributed by atoms with van der Waals surface area (Å²) in [7, 11) is 0. The van der Waals surface area contributed by atoms with Gasteiger partial charge in [0.25, 0.3) is 0 Å². The van der Waals surface area contributed by atoms with Gasteiger partial charge in [0.05, 0.1) is 12.2 Å².